The van der Waals surface area contributed by atoms with Gasteiger partial charge in [0.25, 0.3) is 0 Å². The van der Waals surface area contributed by atoms with Crippen LogP contribution in [0.15, 0.2) is 30.3 Å². The molecule has 0 radical (unpaired) electrons. The van der Waals surface area contributed by atoms with Crippen LogP contribution < -0.4 is 10.2 Å². The summed E-state index contributed by atoms with van der Waals surface area (Å²) in [5, 5.41) is 11.6. The van der Waals surface area contributed by atoms with Crippen LogP contribution in [-0.2, 0) is 9.59 Å². The normalized spacial score (nSPS) is 14.6. The molecular weight excluding hydrogens is 262 g/mol. The number of anilines is 1. The van der Waals surface area contributed by atoms with Gasteiger partial charge in [0.05, 0.1) is 0 Å². The molecule has 0 spiro atoms. The molecule has 20 heavy (non-hydrogen) atoms. The Labute approximate surface area is 115 Å². The van der Waals surface area contributed by atoms with Crippen LogP contribution in [0.5, 0.6) is 0 Å². The Morgan fingerprint density at radius 2 is 2.00 bits per heavy atom. The lowest BCUT2D eigenvalue weighted by Crippen LogP contribution is -2.54. The number of carboxylic acid groups (broad SMARTS) is 1. The molecule has 106 valence electrons. The third kappa shape index (κ3) is 3.25. The van der Waals surface area contributed by atoms with E-state index in [0.29, 0.717) is 18.8 Å². The van der Waals surface area contributed by atoms with Crippen molar-refractivity contribution in [3.63, 3.8) is 0 Å². The van der Waals surface area contributed by atoms with Crippen molar-refractivity contribution in [1.29, 1.82) is 0 Å². The molecule has 7 nitrogen and oxygen atoms in total. The van der Waals surface area contributed by atoms with Gasteiger partial charge in [-0.15, -0.1) is 0 Å². The Hall–Kier alpha value is -2.57. The molecule has 1 saturated heterocycles. The van der Waals surface area contributed by atoms with Gasteiger partial charge < -0.3 is 15.3 Å². The first-order valence-corrected chi connectivity index (χ1v) is 6.18. The van der Waals surface area contributed by atoms with Crippen LogP contribution in [0.2, 0.25) is 0 Å². The molecule has 0 atom stereocenters. The molecule has 1 aromatic rings. The van der Waals surface area contributed by atoms with Gasteiger partial charge in [-0.2, -0.15) is 0 Å². The third-order valence-electron chi connectivity index (χ3n) is 2.90. The van der Waals surface area contributed by atoms with E-state index in [2.05, 4.69) is 5.32 Å². The summed E-state index contributed by atoms with van der Waals surface area (Å²) in [6, 6.07) is 8.06. The second kappa shape index (κ2) is 6.05. The predicted molar refractivity (Wildman–Crippen MR) is 71.4 cm³/mol. The van der Waals surface area contributed by atoms with Crippen LogP contribution in [0, 0.1) is 0 Å². The molecule has 7 heteroatoms. The van der Waals surface area contributed by atoms with Gasteiger partial charge in [-0.3, -0.25) is 14.5 Å². The monoisotopic (exact) mass is 277 g/mol. The van der Waals surface area contributed by atoms with Crippen molar-refractivity contribution < 1.29 is 19.5 Å². The molecule has 0 aliphatic carbocycles. The number of nitrogens with zero attached hydrogens (tertiary/aromatic N) is 2. The molecule has 1 heterocycles. The van der Waals surface area contributed by atoms with Gasteiger partial charge in [-0.1, -0.05) is 18.2 Å². The van der Waals surface area contributed by atoms with Gasteiger partial charge in [0.15, 0.2) is 0 Å². The van der Waals surface area contributed by atoms with Crippen molar-refractivity contribution in [2.45, 2.75) is 0 Å². The van der Waals surface area contributed by atoms with Gasteiger partial charge in [0.2, 0.25) is 5.91 Å². The van der Waals surface area contributed by atoms with Crippen molar-refractivity contribution in [3.8, 4) is 0 Å². The maximum Gasteiger partial charge on any atom is 0.325 e. The number of benzene rings is 1. The highest BCUT2D eigenvalue weighted by Gasteiger charge is 2.27. The van der Waals surface area contributed by atoms with E-state index in [1.807, 2.05) is 0 Å². The summed E-state index contributed by atoms with van der Waals surface area (Å²) < 4.78 is 0. The summed E-state index contributed by atoms with van der Waals surface area (Å²) in [4.78, 5) is 37.1. The molecule has 1 fully saturated rings. The summed E-state index contributed by atoms with van der Waals surface area (Å²) in [5.74, 6) is -1.35. The number of para-hydroxylation sites is 1. The zero-order chi connectivity index (χ0) is 14.5. The minimum Gasteiger partial charge on any atom is -0.480 e. The molecular formula is C13H15N3O4. The summed E-state index contributed by atoms with van der Waals surface area (Å²) in [7, 11) is 0. The van der Waals surface area contributed by atoms with Crippen LogP contribution in [0.1, 0.15) is 0 Å². The van der Waals surface area contributed by atoms with Gasteiger partial charge >= 0.3 is 12.0 Å². The summed E-state index contributed by atoms with van der Waals surface area (Å²) in [6.07, 6.45) is 0. The van der Waals surface area contributed by atoms with Gasteiger partial charge in [-0.05, 0) is 12.1 Å². The summed E-state index contributed by atoms with van der Waals surface area (Å²) in [5.41, 5.74) is 0.492. The fourth-order valence-corrected chi connectivity index (χ4v) is 1.99. The molecule has 1 aromatic carbocycles. The Morgan fingerprint density at radius 3 is 2.60 bits per heavy atom. The zero-order valence-corrected chi connectivity index (χ0v) is 10.8. The van der Waals surface area contributed by atoms with Crippen LogP contribution in [0.3, 0.4) is 0 Å². The number of hydrogen-bond acceptors (Lipinski definition) is 3. The van der Waals surface area contributed by atoms with Crippen molar-refractivity contribution in [3.05, 3.63) is 30.3 Å². The van der Waals surface area contributed by atoms with E-state index in [-0.39, 0.29) is 12.5 Å². The first kappa shape index (κ1) is 13.9. The van der Waals surface area contributed by atoms with E-state index in [0.717, 1.165) is 4.90 Å². The van der Waals surface area contributed by atoms with Crippen LogP contribution >= 0.6 is 0 Å². The second-order valence-corrected chi connectivity index (χ2v) is 4.37. The first-order chi connectivity index (χ1) is 9.58. The lowest BCUT2D eigenvalue weighted by atomic mass is 10.3. The molecule has 0 bridgehead atoms. The van der Waals surface area contributed by atoms with E-state index in [9.17, 15) is 14.4 Å². The molecule has 1 aliphatic heterocycles. The quantitative estimate of drug-likeness (QED) is 0.821. The van der Waals surface area contributed by atoms with Crippen LogP contribution in [0.4, 0.5) is 10.5 Å². The van der Waals surface area contributed by atoms with Crippen molar-refractivity contribution >= 4 is 23.6 Å². The molecule has 0 saturated carbocycles. The minimum atomic E-state index is -1.11. The number of carbonyl (C=O) groups is 3. The van der Waals surface area contributed by atoms with Crippen LogP contribution in [-0.4, -0.2) is 54.1 Å². The Bertz CT molecular complexity index is 518. The van der Waals surface area contributed by atoms with E-state index >= 15 is 0 Å². The smallest absolute Gasteiger partial charge is 0.325 e. The Kier molecular flexibility index (Phi) is 4.19. The topological polar surface area (TPSA) is 89.9 Å². The second-order valence-electron chi connectivity index (χ2n) is 4.37. The number of piperazine rings is 1. The number of nitrogens with one attached hydrogen (secondary N) is 1. The molecule has 1 aliphatic rings. The minimum absolute atomic E-state index is 0.0538. The van der Waals surface area contributed by atoms with Gasteiger partial charge in [0, 0.05) is 18.8 Å². The standard InChI is InChI=1S/C13H15N3O4/c17-11-8-15(7-6-14-11)13(20)16(9-12(18)19)10-4-2-1-3-5-10/h1-5H,6-9H2,(H,14,17)(H,18,19). The zero-order valence-electron chi connectivity index (χ0n) is 10.8. The van der Waals surface area contributed by atoms with E-state index in [1.54, 1.807) is 30.3 Å². The highest BCUT2D eigenvalue weighted by Crippen LogP contribution is 2.15. The van der Waals surface area contributed by atoms with Crippen LogP contribution in [0.25, 0.3) is 0 Å². The average molecular weight is 277 g/mol. The molecule has 0 aromatic heterocycles. The average Bonchev–Trinajstić information content (AvgIpc) is 2.45. The summed E-state index contributed by atoms with van der Waals surface area (Å²) in [6.45, 7) is 0.247. The Morgan fingerprint density at radius 1 is 1.30 bits per heavy atom. The predicted octanol–water partition coefficient (Wildman–Crippen LogP) is 0.129. The third-order valence-corrected chi connectivity index (χ3v) is 2.90. The SMILES string of the molecule is O=C(O)CN(C(=O)N1CCNC(=O)C1)c1ccccc1. The lowest BCUT2D eigenvalue weighted by Gasteiger charge is -2.32. The number of hydrogen-bond donors (Lipinski definition) is 2. The molecule has 2 N–H and O–H groups in total. The van der Waals surface area contributed by atoms with E-state index in [4.69, 9.17) is 5.11 Å². The largest absolute Gasteiger partial charge is 0.480 e. The number of carbonyl (C=O) groups excluding carboxylic acids is 2. The lowest BCUT2D eigenvalue weighted by molar-refractivity contribution is -0.135. The highest BCUT2D eigenvalue weighted by molar-refractivity contribution is 5.98. The number of rotatable bonds is 3. The molecule has 2 rings (SSSR count). The van der Waals surface area contributed by atoms with Crippen molar-refractivity contribution in [2.24, 2.45) is 0 Å². The van der Waals surface area contributed by atoms with Crippen molar-refractivity contribution in [2.75, 3.05) is 31.1 Å². The molecule has 3 amide bonds. The van der Waals surface area contributed by atoms with Crippen molar-refractivity contribution in [1.82, 2.24) is 10.2 Å². The van der Waals surface area contributed by atoms with Gasteiger partial charge in [-0.25, -0.2) is 4.79 Å². The summed E-state index contributed by atoms with van der Waals surface area (Å²) >= 11 is 0. The fourth-order valence-electron chi connectivity index (χ4n) is 1.99. The number of urea groups is 1. The highest BCUT2D eigenvalue weighted by atomic mass is 16.4. The van der Waals surface area contributed by atoms with E-state index in [1.165, 1.54) is 4.90 Å². The van der Waals surface area contributed by atoms with E-state index < -0.39 is 18.5 Å². The first-order valence-electron chi connectivity index (χ1n) is 6.18. The number of aliphatic carboxylic acids is 1. The maximum atomic E-state index is 12.4. The fraction of sp³-hybridized carbons (Fsp3) is 0.308. The Balaban J connectivity index is 2.20. The maximum absolute atomic E-state index is 12.4. The van der Waals surface area contributed by atoms with Gasteiger partial charge in [0.1, 0.15) is 13.1 Å². The number of amides is 3. The number of carboxylic acids is 1. The molecule has 0 unspecified atom stereocenters.